The zero-order valence-corrected chi connectivity index (χ0v) is 26.6. The fourth-order valence-corrected chi connectivity index (χ4v) is 7.57. The van der Waals surface area contributed by atoms with Gasteiger partial charge < -0.3 is 0 Å². The molecule has 0 aromatic heterocycles. The molecule has 0 aliphatic rings. The molecule has 198 valence electrons. The number of aryl methyl sites for hydroxylation is 4. The average Bonchev–Trinajstić information content (AvgIpc) is 2.94. The summed E-state index contributed by atoms with van der Waals surface area (Å²) >= 11 is 7.92. The molecule has 0 spiro atoms. The largest absolute Gasteiger partial charge is 0.0876 e. The molecular weight excluding hydrogens is 616 g/mol. The summed E-state index contributed by atoms with van der Waals surface area (Å²) in [6.07, 6.45) is 0. The Kier molecular flexibility index (Phi) is 7.42. The first-order valence-electron chi connectivity index (χ1n) is 13.8. The predicted molar refractivity (Wildman–Crippen MR) is 182 cm³/mol. The van der Waals surface area contributed by atoms with Gasteiger partial charge in [0.05, 0.1) is 0 Å². The number of hydrogen-bond acceptors (Lipinski definition) is 0. The Morgan fingerprint density at radius 3 is 1.15 bits per heavy atom. The third-order valence-electron chi connectivity index (χ3n) is 7.90. The van der Waals surface area contributed by atoms with Crippen molar-refractivity contribution < 1.29 is 0 Å². The Balaban J connectivity index is 1.81. The second-order valence-electron chi connectivity index (χ2n) is 11.0. The second kappa shape index (κ2) is 11.0. The van der Waals surface area contributed by atoms with Crippen LogP contribution in [0.1, 0.15) is 33.4 Å². The first-order valence-corrected chi connectivity index (χ1v) is 16.0. The molecule has 0 amide bonds. The molecule has 40 heavy (non-hydrogen) atoms. The molecule has 0 heterocycles. The normalized spacial score (nSPS) is 11.4. The lowest BCUT2D eigenvalue weighted by atomic mass is 9.81. The smallest absolute Gasteiger partial charge is 0.0295 e. The highest BCUT2D eigenvalue weighted by atomic mass is 79.9. The van der Waals surface area contributed by atoms with E-state index in [0.717, 1.165) is 10.7 Å². The van der Waals surface area contributed by atoms with Gasteiger partial charge in [-0.3, -0.25) is 0 Å². The molecule has 0 saturated carbocycles. The lowest BCUT2D eigenvalue weighted by Crippen LogP contribution is -2.00. The fourth-order valence-electron chi connectivity index (χ4n) is 6.40. The van der Waals surface area contributed by atoms with Crippen LogP contribution in [0, 0.1) is 27.7 Å². The Morgan fingerprint density at radius 1 is 0.450 bits per heavy atom. The first-order chi connectivity index (χ1) is 19.4. The SMILES string of the molecule is Cc1cc(C)cc(-c2cc3ccccc3c(-c3c(CBr)c(-c4cc(C)cc(C)c4)cc4ccccc34)c2CBr)c1. The van der Waals surface area contributed by atoms with Gasteiger partial charge in [0.1, 0.15) is 0 Å². The summed E-state index contributed by atoms with van der Waals surface area (Å²) in [6, 6.07) is 36.3. The monoisotopic (exact) mass is 646 g/mol. The van der Waals surface area contributed by atoms with E-state index in [1.54, 1.807) is 0 Å². The van der Waals surface area contributed by atoms with Gasteiger partial charge in [0.2, 0.25) is 0 Å². The minimum Gasteiger partial charge on any atom is -0.0876 e. The minimum absolute atomic E-state index is 0.763. The number of halogens is 2. The van der Waals surface area contributed by atoms with Crippen molar-refractivity contribution in [3.8, 4) is 33.4 Å². The van der Waals surface area contributed by atoms with Crippen LogP contribution in [0.5, 0.6) is 0 Å². The van der Waals surface area contributed by atoms with Crippen LogP contribution in [-0.2, 0) is 10.7 Å². The Morgan fingerprint density at radius 2 is 0.800 bits per heavy atom. The topological polar surface area (TPSA) is 0 Å². The predicted octanol–water partition coefficient (Wildman–Crippen LogP) is 12.0. The number of hydrogen-bond donors (Lipinski definition) is 0. The highest BCUT2D eigenvalue weighted by Gasteiger charge is 2.22. The zero-order chi connectivity index (χ0) is 28.0. The molecule has 6 aromatic rings. The Hall–Kier alpha value is -3.20. The summed E-state index contributed by atoms with van der Waals surface area (Å²) < 4.78 is 0. The van der Waals surface area contributed by atoms with Gasteiger partial charge in [0, 0.05) is 10.7 Å². The Labute approximate surface area is 254 Å². The van der Waals surface area contributed by atoms with Crippen LogP contribution >= 0.6 is 31.9 Å². The third-order valence-corrected chi connectivity index (χ3v) is 9.02. The van der Waals surface area contributed by atoms with Gasteiger partial charge in [-0.05, 0) is 106 Å². The van der Waals surface area contributed by atoms with Gasteiger partial charge in [-0.1, -0.05) is 139 Å². The van der Waals surface area contributed by atoms with Gasteiger partial charge in [0.25, 0.3) is 0 Å². The van der Waals surface area contributed by atoms with E-state index in [1.807, 2.05) is 0 Å². The lowest BCUT2D eigenvalue weighted by Gasteiger charge is -2.23. The second-order valence-corrected chi connectivity index (χ2v) is 12.1. The molecule has 0 nitrogen and oxygen atoms in total. The van der Waals surface area contributed by atoms with E-state index in [-0.39, 0.29) is 0 Å². The number of rotatable bonds is 5. The molecule has 0 N–H and O–H groups in total. The van der Waals surface area contributed by atoms with E-state index < -0.39 is 0 Å². The summed E-state index contributed by atoms with van der Waals surface area (Å²) in [5.41, 5.74) is 15.6. The highest BCUT2D eigenvalue weighted by Crippen LogP contribution is 2.47. The van der Waals surface area contributed by atoms with E-state index in [0.29, 0.717) is 0 Å². The van der Waals surface area contributed by atoms with Crippen molar-refractivity contribution in [3.63, 3.8) is 0 Å². The summed E-state index contributed by atoms with van der Waals surface area (Å²) in [4.78, 5) is 0. The molecule has 0 saturated heterocycles. The highest BCUT2D eigenvalue weighted by molar-refractivity contribution is 9.08. The van der Waals surface area contributed by atoms with Crippen molar-refractivity contribution >= 4 is 53.4 Å². The molecule has 0 radical (unpaired) electrons. The molecule has 0 aliphatic carbocycles. The standard InChI is InChI=1S/C38H32Br2/c1-23-13-24(2)16-29(15-23)33-19-27-9-5-7-11-31(27)37(35(33)21-39)38-32-12-8-6-10-28(32)20-34(36(38)22-40)30-17-25(3)14-26(4)18-30/h5-20H,21-22H2,1-4H3. The number of benzene rings is 6. The van der Waals surface area contributed by atoms with Crippen molar-refractivity contribution in [1.82, 2.24) is 0 Å². The molecule has 0 aliphatic heterocycles. The summed E-state index contributed by atoms with van der Waals surface area (Å²) in [7, 11) is 0. The molecule has 0 unspecified atom stereocenters. The van der Waals surface area contributed by atoms with E-state index in [9.17, 15) is 0 Å². The molecule has 6 rings (SSSR count). The van der Waals surface area contributed by atoms with Crippen LogP contribution in [0.2, 0.25) is 0 Å². The van der Waals surface area contributed by atoms with Crippen molar-refractivity contribution in [2.45, 2.75) is 38.4 Å². The van der Waals surface area contributed by atoms with Crippen LogP contribution in [0.4, 0.5) is 0 Å². The molecule has 0 fully saturated rings. The van der Waals surface area contributed by atoms with Crippen molar-refractivity contribution in [3.05, 3.63) is 130 Å². The maximum absolute atomic E-state index is 3.96. The van der Waals surface area contributed by atoms with E-state index in [1.165, 1.54) is 88.3 Å². The molecule has 0 bridgehead atoms. The van der Waals surface area contributed by atoms with E-state index in [2.05, 4.69) is 157 Å². The molecular formula is C38H32Br2. The summed E-state index contributed by atoms with van der Waals surface area (Å²) in [5, 5.41) is 6.62. The van der Waals surface area contributed by atoms with Crippen LogP contribution in [0.3, 0.4) is 0 Å². The molecule has 2 heteroatoms. The van der Waals surface area contributed by atoms with Crippen LogP contribution < -0.4 is 0 Å². The van der Waals surface area contributed by atoms with Gasteiger partial charge in [-0.2, -0.15) is 0 Å². The van der Waals surface area contributed by atoms with Crippen molar-refractivity contribution in [2.75, 3.05) is 0 Å². The fraction of sp³-hybridized carbons (Fsp3) is 0.158. The maximum Gasteiger partial charge on any atom is 0.0295 e. The van der Waals surface area contributed by atoms with Crippen LogP contribution in [0.15, 0.2) is 97.1 Å². The lowest BCUT2D eigenvalue weighted by molar-refractivity contribution is 1.36. The number of fused-ring (bicyclic) bond motifs is 2. The molecule has 0 atom stereocenters. The van der Waals surface area contributed by atoms with E-state index in [4.69, 9.17) is 0 Å². The first kappa shape index (κ1) is 27.0. The van der Waals surface area contributed by atoms with Gasteiger partial charge in [0.15, 0.2) is 0 Å². The van der Waals surface area contributed by atoms with E-state index >= 15 is 0 Å². The van der Waals surface area contributed by atoms with Crippen molar-refractivity contribution in [1.29, 1.82) is 0 Å². The molecule has 6 aromatic carbocycles. The zero-order valence-electron chi connectivity index (χ0n) is 23.4. The van der Waals surface area contributed by atoms with Gasteiger partial charge in [-0.25, -0.2) is 0 Å². The Bertz CT molecular complexity index is 1730. The number of alkyl halides is 2. The van der Waals surface area contributed by atoms with Gasteiger partial charge >= 0.3 is 0 Å². The quantitative estimate of drug-likeness (QED) is 0.163. The third kappa shape index (κ3) is 4.82. The van der Waals surface area contributed by atoms with Crippen molar-refractivity contribution in [2.24, 2.45) is 0 Å². The van der Waals surface area contributed by atoms with Crippen LogP contribution in [-0.4, -0.2) is 0 Å². The van der Waals surface area contributed by atoms with Gasteiger partial charge in [-0.15, -0.1) is 0 Å². The maximum atomic E-state index is 3.96. The summed E-state index contributed by atoms with van der Waals surface area (Å²) in [6.45, 7) is 8.76. The average molecular weight is 648 g/mol. The summed E-state index contributed by atoms with van der Waals surface area (Å²) in [5.74, 6) is 0. The minimum atomic E-state index is 0.763. The van der Waals surface area contributed by atoms with Crippen LogP contribution in [0.25, 0.3) is 54.9 Å².